The molecule has 0 aliphatic heterocycles. The zero-order valence-electron chi connectivity index (χ0n) is 12.6. The maximum Gasteiger partial charge on any atom is 0.122 e. The van der Waals surface area contributed by atoms with Crippen molar-refractivity contribution >= 4 is 0 Å². The third-order valence-corrected chi connectivity index (χ3v) is 4.00. The normalized spacial score (nSPS) is 12.2. The lowest BCUT2D eigenvalue weighted by atomic mass is 9.93. The lowest BCUT2D eigenvalue weighted by Gasteiger charge is -2.18. The van der Waals surface area contributed by atoms with Gasteiger partial charge in [-0.1, -0.05) is 37.3 Å². The molecule has 0 bridgehead atoms. The molecular weight excluding hydrogens is 248 g/mol. The Labute approximate surface area is 121 Å². The monoisotopic (exact) mass is 270 g/mol. The summed E-state index contributed by atoms with van der Waals surface area (Å²) in [5, 5.41) is 10.6. The van der Waals surface area contributed by atoms with Gasteiger partial charge in [0, 0.05) is 0 Å². The van der Waals surface area contributed by atoms with E-state index >= 15 is 0 Å². The van der Waals surface area contributed by atoms with E-state index in [1.165, 1.54) is 5.56 Å². The van der Waals surface area contributed by atoms with Crippen molar-refractivity contribution in [3.05, 3.63) is 64.2 Å². The minimum Gasteiger partial charge on any atom is -0.496 e. The van der Waals surface area contributed by atoms with Crippen molar-refractivity contribution < 1.29 is 9.84 Å². The summed E-state index contributed by atoms with van der Waals surface area (Å²) in [6, 6.07) is 12.0. The van der Waals surface area contributed by atoms with Crippen molar-refractivity contribution in [3.8, 4) is 5.75 Å². The molecule has 0 fully saturated rings. The first-order chi connectivity index (χ1) is 9.58. The van der Waals surface area contributed by atoms with Crippen LogP contribution in [0.1, 0.15) is 40.8 Å². The molecule has 0 radical (unpaired) electrons. The van der Waals surface area contributed by atoms with Crippen LogP contribution in [0, 0.1) is 13.8 Å². The Kier molecular flexibility index (Phi) is 4.46. The molecule has 0 saturated carbocycles. The van der Waals surface area contributed by atoms with E-state index in [0.29, 0.717) is 0 Å². The molecule has 0 saturated heterocycles. The molecule has 1 N–H and O–H groups in total. The van der Waals surface area contributed by atoms with E-state index < -0.39 is 6.10 Å². The number of aliphatic hydroxyl groups excluding tert-OH is 1. The summed E-state index contributed by atoms with van der Waals surface area (Å²) < 4.78 is 5.31. The van der Waals surface area contributed by atoms with E-state index in [2.05, 4.69) is 19.1 Å². The number of hydrogen-bond acceptors (Lipinski definition) is 2. The molecule has 2 heteroatoms. The summed E-state index contributed by atoms with van der Waals surface area (Å²) >= 11 is 0. The Morgan fingerprint density at radius 1 is 1.00 bits per heavy atom. The van der Waals surface area contributed by atoms with Crippen LogP contribution in [0.5, 0.6) is 5.75 Å². The highest BCUT2D eigenvalue weighted by molar-refractivity contribution is 5.46. The van der Waals surface area contributed by atoms with Crippen molar-refractivity contribution in [3.63, 3.8) is 0 Å². The van der Waals surface area contributed by atoms with Crippen LogP contribution in [0.15, 0.2) is 36.4 Å². The van der Waals surface area contributed by atoms with Crippen LogP contribution in [0.3, 0.4) is 0 Å². The number of aryl methyl sites for hydroxylation is 1. The lowest BCUT2D eigenvalue weighted by molar-refractivity contribution is 0.219. The Morgan fingerprint density at radius 2 is 1.65 bits per heavy atom. The van der Waals surface area contributed by atoms with Gasteiger partial charge in [0.2, 0.25) is 0 Å². The molecule has 2 aromatic rings. The Hall–Kier alpha value is -1.80. The fourth-order valence-corrected chi connectivity index (χ4v) is 2.45. The second-order valence-corrected chi connectivity index (χ2v) is 5.10. The molecule has 1 atom stereocenters. The van der Waals surface area contributed by atoms with E-state index in [1.54, 1.807) is 7.11 Å². The maximum absolute atomic E-state index is 10.6. The van der Waals surface area contributed by atoms with Crippen molar-refractivity contribution in [2.75, 3.05) is 7.11 Å². The van der Waals surface area contributed by atoms with Crippen LogP contribution in [0.25, 0.3) is 0 Å². The molecule has 0 heterocycles. The fraction of sp³-hybridized carbons (Fsp3) is 0.333. The largest absolute Gasteiger partial charge is 0.496 e. The van der Waals surface area contributed by atoms with Crippen molar-refractivity contribution in [1.29, 1.82) is 0 Å². The molecule has 1 unspecified atom stereocenters. The van der Waals surface area contributed by atoms with Crippen molar-refractivity contribution in [2.24, 2.45) is 0 Å². The van der Waals surface area contributed by atoms with Crippen LogP contribution in [-0.2, 0) is 6.42 Å². The van der Waals surface area contributed by atoms with Gasteiger partial charge in [-0.2, -0.15) is 0 Å². The molecular formula is C18H22O2. The number of hydrogen-bond donors (Lipinski definition) is 1. The molecule has 106 valence electrons. The van der Waals surface area contributed by atoms with Gasteiger partial charge >= 0.3 is 0 Å². The van der Waals surface area contributed by atoms with E-state index in [4.69, 9.17) is 4.74 Å². The van der Waals surface area contributed by atoms with Gasteiger partial charge in [-0.25, -0.2) is 0 Å². The molecule has 2 nitrogen and oxygen atoms in total. The molecule has 0 spiro atoms. The average molecular weight is 270 g/mol. The molecule has 0 aliphatic carbocycles. The first kappa shape index (κ1) is 14.6. The fourth-order valence-electron chi connectivity index (χ4n) is 2.45. The van der Waals surface area contributed by atoms with Gasteiger partial charge < -0.3 is 9.84 Å². The summed E-state index contributed by atoms with van der Waals surface area (Å²) in [4.78, 5) is 0. The first-order valence-electron chi connectivity index (χ1n) is 6.99. The highest BCUT2D eigenvalue weighted by Gasteiger charge is 2.15. The van der Waals surface area contributed by atoms with Crippen LogP contribution in [-0.4, -0.2) is 12.2 Å². The zero-order chi connectivity index (χ0) is 14.7. The molecule has 2 aromatic carbocycles. The second kappa shape index (κ2) is 6.10. The van der Waals surface area contributed by atoms with E-state index in [0.717, 1.165) is 34.4 Å². The number of ether oxygens (including phenoxy) is 1. The van der Waals surface area contributed by atoms with Gasteiger partial charge in [-0.3, -0.25) is 0 Å². The van der Waals surface area contributed by atoms with E-state index in [-0.39, 0.29) is 0 Å². The number of rotatable bonds is 4. The quantitative estimate of drug-likeness (QED) is 0.911. The molecule has 0 aliphatic rings. The number of aliphatic hydroxyl groups is 1. The van der Waals surface area contributed by atoms with Gasteiger partial charge in [0.05, 0.1) is 7.11 Å². The SMILES string of the molecule is CCc1ccc(C(O)c2ccc(OC)c(C)c2C)cc1. The topological polar surface area (TPSA) is 29.5 Å². The maximum atomic E-state index is 10.6. The van der Waals surface area contributed by atoms with Gasteiger partial charge in [0.25, 0.3) is 0 Å². The summed E-state index contributed by atoms with van der Waals surface area (Å²) in [6.07, 6.45) is 0.419. The standard InChI is InChI=1S/C18H22O2/c1-5-14-6-8-15(9-7-14)18(19)16-10-11-17(20-4)13(3)12(16)2/h6-11,18-19H,5H2,1-4H3. The molecule has 0 aromatic heterocycles. The van der Waals surface area contributed by atoms with Gasteiger partial charge in [0.1, 0.15) is 11.9 Å². The predicted molar refractivity (Wildman–Crippen MR) is 82.3 cm³/mol. The minimum absolute atomic E-state index is 0.592. The lowest BCUT2D eigenvalue weighted by Crippen LogP contribution is -2.04. The van der Waals surface area contributed by atoms with E-state index in [1.807, 2.05) is 38.1 Å². The third kappa shape index (κ3) is 2.70. The first-order valence-corrected chi connectivity index (χ1v) is 6.99. The predicted octanol–water partition coefficient (Wildman–Crippen LogP) is 3.96. The zero-order valence-corrected chi connectivity index (χ0v) is 12.6. The molecule has 2 rings (SSSR count). The van der Waals surface area contributed by atoms with Gasteiger partial charge in [-0.05, 0) is 54.2 Å². The van der Waals surface area contributed by atoms with Crippen LogP contribution in [0.4, 0.5) is 0 Å². The Balaban J connectivity index is 2.37. The van der Waals surface area contributed by atoms with Crippen molar-refractivity contribution in [1.82, 2.24) is 0 Å². The Morgan fingerprint density at radius 3 is 2.20 bits per heavy atom. The van der Waals surface area contributed by atoms with Crippen LogP contribution in [0.2, 0.25) is 0 Å². The summed E-state index contributed by atoms with van der Waals surface area (Å²) in [5.41, 5.74) is 5.30. The molecule has 20 heavy (non-hydrogen) atoms. The molecule has 0 amide bonds. The summed E-state index contributed by atoms with van der Waals surface area (Å²) in [7, 11) is 1.67. The van der Waals surface area contributed by atoms with Gasteiger partial charge in [-0.15, -0.1) is 0 Å². The van der Waals surface area contributed by atoms with Gasteiger partial charge in [0.15, 0.2) is 0 Å². The average Bonchev–Trinajstić information content (AvgIpc) is 2.49. The third-order valence-electron chi connectivity index (χ3n) is 4.00. The second-order valence-electron chi connectivity index (χ2n) is 5.10. The number of benzene rings is 2. The highest BCUT2D eigenvalue weighted by atomic mass is 16.5. The van der Waals surface area contributed by atoms with Crippen LogP contribution < -0.4 is 4.74 Å². The van der Waals surface area contributed by atoms with Crippen molar-refractivity contribution in [2.45, 2.75) is 33.3 Å². The van der Waals surface area contributed by atoms with Crippen LogP contribution >= 0.6 is 0 Å². The summed E-state index contributed by atoms with van der Waals surface area (Å²) in [6.45, 7) is 6.17. The summed E-state index contributed by atoms with van der Waals surface area (Å²) in [5.74, 6) is 0.861. The number of methoxy groups -OCH3 is 1. The smallest absolute Gasteiger partial charge is 0.122 e. The van der Waals surface area contributed by atoms with E-state index in [9.17, 15) is 5.11 Å². The Bertz CT molecular complexity index is 585. The highest BCUT2D eigenvalue weighted by Crippen LogP contribution is 2.31. The minimum atomic E-state index is -0.592.